The lowest BCUT2D eigenvalue weighted by atomic mass is 10.1. The van der Waals surface area contributed by atoms with Crippen molar-refractivity contribution in [2.24, 2.45) is 5.73 Å². The molecule has 0 saturated heterocycles. The van der Waals surface area contributed by atoms with Gasteiger partial charge in [-0.05, 0) is 23.8 Å². The van der Waals surface area contributed by atoms with Crippen molar-refractivity contribution in [1.82, 2.24) is 9.97 Å². The zero-order valence-electron chi connectivity index (χ0n) is 13.1. The van der Waals surface area contributed by atoms with Crippen molar-refractivity contribution in [2.45, 2.75) is 12.7 Å². The Hall–Kier alpha value is -2.87. The molecule has 0 radical (unpaired) electrons. The van der Waals surface area contributed by atoms with E-state index in [4.69, 9.17) is 17.3 Å². The summed E-state index contributed by atoms with van der Waals surface area (Å²) in [6, 6.07) is 8.54. The van der Waals surface area contributed by atoms with Crippen molar-refractivity contribution >= 4 is 34.4 Å². The number of para-hydroxylation sites is 1. The molecule has 9 heteroatoms. The lowest BCUT2D eigenvalue weighted by Crippen LogP contribution is -2.13. The number of anilines is 1. The number of aromatic nitrogens is 2. The van der Waals surface area contributed by atoms with Gasteiger partial charge in [-0.15, -0.1) is 0 Å². The van der Waals surface area contributed by atoms with Crippen LogP contribution < -0.4 is 11.1 Å². The van der Waals surface area contributed by atoms with E-state index in [-0.39, 0.29) is 23.1 Å². The number of carbonyl (C=O) groups is 1. The van der Waals surface area contributed by atoms with Crippen LogP contribution in [0.5, 0.6) is 0 Å². The molecule has 0 aliphatic carbocycles. The maximum Gasteiger partial charge on any atom is 0.417 e. The Morgan fingerprint density at radius 2 is 2.00 bits per heavy atom. The molecule has 3 rings (SSSR count). The molecule has 1 aromatic heterocycles. The molecule has 0 atom stereocenters. The Kier molecular flexibility index (Phi) is 4.69. The van der Waals surface area contributed by atoms with Crippen LogP contribution >= 0.6 is 11.6 Å². The summed E-state index contributed by atoms with van der Waals surface area (Å²) < 4.78 is 38.7. The minimum atomic E-state index is -4.54. The quantitative estimate of drug-likeness (QED) is 0.716. The first-order chi connectivity index (χ1) is 12.3. The fourth-order valence-electron chi connectivity index (χ4n) is 2.42. The average molecular weight is 381 g/mol. The van der Waals surface area contributed by atoms with Gasteiger partial charge in [-0.25, -0.2) is 9.97 Å². The van der Waals surface area contributed by atoms with Crippen LogP contribution in [-0.4, -0.2) is 15.9 Å². The average Bonchev–Trinajstić information content (AvgIpc) is 2.59. The van der Waals surface area contributed by atoms with E-state index in [9.17, 15) is 18.0 Å². The lowest BCUT2D eigenvalue weighted by molar-refractivity contribution is -0.137. The zero-order valence-corrected chi connectivity index (χ0v) is 13.9. The number of alkyl halides is 3. The zero-order chi connectivity index (χ0) is 18.9. The highest BCUT2D eigenvalue weighted by Crippen LogP contribution is 2.35. The predicted octanol–water partition coefficient (Wildman–Crippen LogP) is 4.01. The first kappa shape index (κ1) is 17.9. The molecule has 2 aromatic carbocycles. The van der Waals surface area contributed by atoms with Gasteiger partial charge in [0.1, 0.15) is 0 Å². The van der Waals surface area contributed by atoms with Crippen LogP contribution in [0.3, 0.4) is 0 Å². The third-order valence-electron chi connectivity index (χ3n) is 3.66. The van der Waals surface area contributed by atoms with Crippen LogP contribution in [0.15, 0.2) is 42.6 Å². The summed E-state index contributed by atoms with van der Waals surface area (Å²) in [4.78, 5) is 19.8. The summed E-state index contributed by atoms with van der Waals surface area (Å²) >= 11 is 5.60. The number of rotatable bonds is 4. The molecule has 0 spiro atoms. The maximum atomic E-state index is 12.9. The van der Waals surface area contributed by atoms with Crippen LogP contribution in [0.1, 0.15) is 21.5 Å². The minimum Gasteiger partial charge on any atom is -0.366 e. The van der Waals surface area contributed by atoms with E-state index >= 15 is 0 Å². The topological polar surface area (TPSA) is 80.9 Å². The normalized spacial score (nSPS) is 11.5. The van der Waals surface area contributed by atoms with Gasteiger partial charge >= 0.3 is 6.18 Å². The summed E-state index contributed by atoms with van der Waals surface area (Å²) in [6.07, 6.45) is -3.04. The van der Waals surface area contributed by atoms with Crippen LogP contribution in [0.25, 0.3) is 10.9 Å². The van der Waals surface area contributed by atoms with Crippen molar-refractivity contribution in [2.75, 3.05) is 5.32 Å². The Bertz CT molecular complexity index is 991. The SMILES string of the molecule is NC(=O)c1cccc2cnc(NCc3ccc(Cl)c(C(F)(F)F)c3)nc12. The fourth-order valence-corrected chi connectivity index (χ4v) is 2.65. The number of nitrogens with one attached hydrogen (secondary N) is 1. The summed E-state index contributed by atoms with van der Waals surface area (Å²) in [5, 5.41) is 3.09. The van der Waals surface area contributed by atoms with E-state index in [1.807, 2.05) is 0 Å². The van der Waals surface area contributed by atoms with Gasteiger partial charge in [0.05, 0.1) is 21.7 Å². The number of carbonyl (C=O) groups excluding carboxylic acids is 1. The molecule has 0 aliphatic rings. The molecule has 0 unspecified atom stereocenters. The Labute approximate surface area is 151 Å². The fraction of sp³-hybridized carbons (Fsp3) is 0.118. The van der Waals surface area contributed by atoms with Crippen LogP contribution in [0, 0.1) is 0 Å². The molecule has 26 heavy (non-hydrogen) atoms. The summed E-state index contributed by atoms with van der Waals surface area (Å²) in [5.41, 5.74) is 5.37. The smallest absolute Gasteiger partial charge is 0.366 e. The number of benzene rings is 2. The van der Waals surface area contributed by atoms with Gasteiger partial charge in [-0.3, -0.25) is 4.79 Å². The van der Waals surface area contributed by atoms with Gasteiger partial charge < -0.3 is 11.1 Å². The van der Waals surface area contributed by atoms with E-state index in [1.54, 1.807) is 12.1 Å². The molecule has 0 saturated carbocycles. The molecular weight excluding hydrogens is 369 g/mol. The van der Waals surface area contributed by atoms with Crippen molar-refractivity contribution in [3.05, 3.63) is 64.3 Å². The molecule has 5 nitrogen and oxygen atoms in total. The van der Waals surface area contributed by atoms with Crippen molar-refractivity contribution in [1.29, 1.82) is 0 Å². The Morgan fingerprint density at radius 1 is 1.23 bits per heavy atom. The minimum absolute atomic E-state index is 0.0461. The second-order valence-corrected chi connectivity index (χ2v) is 5.87. The van der Waals surface area contributed by atoms with Crippen LogP contribution in [-0.2, 0) is 12.7 Å². The molecule has 1 heterocycles. The van der Waals surface area contributed by atoms with Crippen LogP contribution in [0.4, 0.5) is 19.1 Å². The van der Waals surface area contributed by atoms with E-state index in [2.05, 4.69) is 15.3 Å². The maximum absolute atomic E-state index is 12.9. The monoisotopic (exact) mass is 380 g/mol. The third kappa shape index (κ3) is 3.70. The number of fused-ring (bicyclic) bond motifs is 1. The standard InChI is InChI=1S/C17H12ClF3N4O/c18-13-5-4-9(6-12(13)17(19,20)21)7-23-16-24-8-10-2-1-3-11(15(22)26)14(10)25-16/h1-6,8H,7H2,(H2,22,26)(H,23,24,25). The lowest BCUT2D eigenvalue weighted by Gasteiger charge is -2.12. The summed E-state index contributed by atoms with van der Waals surface area (Å²) in [5.74, 6) is -0.470. The van der Waals surface area contributed by atoms with E-state index in [0.717, 1.165) is 6.07 Å². The van der Waals surface area contributed by atoms with E-state index < -0.39 is 17.6 Å². The first-order valence-corrected chi connectivity index (χ1v) is 7.78. The van der Waals surface area contributed by atoms with Gasteiger partial charge in [0, 0.05) is 18.1 Å². The number of hydrogen-bond donors (Lipinski definition) is 2. The van der Waals surface area contributed by atoms with E-state index in [1.165, 1.54) is 24.4 Å². The molecule has 1 amide bonds. The largest absolute Gasteiger partial charge is 0.417 e. The number of halogens is 4. The van der Waals surface area contributed by atoms with Crippen molar-refractivity contribution in [3.63, 3.8) is 0 Å². The summed E-state index contributed by atoms with van der Waals surface area (Å²) in [7, 11) is 0. The predicted molar refractivity (Wildman–Crippen MR) is 91.8 cm³/mol. The van der Waals surface area contributed by atoms with Crippen LogP contribution in [0.2, 0.25) is 5.02 Å². The number of amides is 1. The molecule has 3 aromatic rings. The highest BCUT2D eigenvalue weighted by molar-refractivity contribution is 6.31. The molecular formula is C17H12ClF3N4O. The molecule has 134 valence electrons. The number of nitrogens with two attached hydrogens (primary N) is 1. The molecule has 0 fully saturated rings. The van der Waals surface area contributed by atoms with Crippen molar-refractivity contribution in [3.8, 4) is 0 Å². The molecule has 0 aliphatic heterocycles. The van der Waals surface area contributed by atoms with E-state index in [0.29, 0.717) is 16.5 Å². The summed E-state index contributed by atoms with van der Waals surface area (Å²) in [6.45, 7) is 0.0461. The highest BCUT2D eigenvalue weighted by Gasteiger charge is 2.33. The van der Waals surface area contributed by atoms with Gasteiger partial charge in [-0.2, -0.15) is 13.2 Å². The van der Waals surface area contributed by atoms with Gasteiger partial charge in [0.15, 0.2) is 0 Å². The number of primary amides is 1. The van der Waals surface area contributed by atoms with Gasteiger partial charge in [-0.1, -0.05) is 29.8 Å². The second kappa shape index (κ2) is 6.80. The van der Waals surface area contributed by atoms with Crippen molar-refractivity contribution < 1.29 is 18.0 Å². The Balaban J connectivity index is 1.86. The second-order valence-electron chi connectivity index (χ2n) is 5.47. The molecule has 3 N–H and O–H groups in total. The Morgan fingerprint density at radius 3 is 2.69 bits per heavy atom. The van der Waals surface area contributed by atoms with Gasteiger partial charge in [0.25, 0.3) is 5.91 Å². The highest BCUT2D eigenvalue weighted by atomic mass is 35.5. The number of hydrogen-bond acceptors (Lipinski definition) is 4. The first-order valence-electron chi connectivity index (χ1n) is 7.41. The van der Waals surface area contributed by atoms with Gasteiger partial charge in [0.2, 0.25) is 5.95 Å². The molecule has 0 bridgehead atoms. The third-order valence-corrected chi connectivity index (χ3v) is 3.99. The number of nitrogens with zero attached hydrogens (tertiary/aromatic N) is 2.